The van der Waals surface area contributed by atoms with E-state index in [0.29, 0.717) is 24.7 Å². The predicted octanol–water partition coefficient (Wildman–Crippen LogP) is 4.02. The maximum atomic E-state index is 11.6. The number of anilines is 1. The largest absolute Gasteiger partial charge is 0.462 e. The summed E-state index contributed by atoms with van der Waals surface area (Å²) in [5, 5.41) is 3.08. The van der Waals surface area contributed by atoms with Crippen LogP contribution in [-0.2, 0) is 11.3 Å². The van der Waals surface area contributed by atoms with E-state index in [0.717, 1.165) is 11.3 Å². The quantitative estimate of drug-likeness (QED) is 0.310. The molecule has 2 aromatic rings. The summed E-state index contributed by atoms with van der Waals surface area (Å²) in [6.45, 7) is 6.71. The Morgan fingerprint density at radius 1 is 1.12 bits per heavy atom. The molecule has 0 aliphatic carbocycles. The van der Waals surface area contributed by atoms with Crippen LogP contribution in [0.1, 0.15) is 34.0 Å². The van der Waals surface area contributed by atoms with Crippen LogP contribution >= 0.6 is 24.0 Å². The van der Waals surface area contributed by atoms with Crippen LogP contribution in [0.25, 0.3) is 0 Å². The number of rotatable bonds is 5. The number of nitrogens with two attached hydrogens (primary N) is 1. The number of nitrogens with one attached hydrogen (secondary N) is 1. The number of esters is 1. The summed E-state index contributed by atoms with van der Waals surface area (Å²) in [5.74, 6) is 0.0381. The Labute approximate surface area is 165 Å². The number of carbonyl (C=O) groups excluding carboxylic acids is 1. The Morgan fingerprint density at radius 3 is 2.40 bits per heavy atom. The van der Waals surface area contributed by atoms with E-state index in [2.05, 4.69) is 24.2 Å². The van der Waals surface area contributed by atoms with Crippen molar-refractivity contribution in [1.82, 2.24) is 0 Å². The molecule has 0 saturated carbocycles. The maximum absolute atomic E-state index is 11.6. The number of benzene rings is 2. The minimum absolute atomic E-state index is 0. The van der Waals surface area contributed by atoms with Crippen molar-refractivity contribution in [2.45, 2.75) is 27.3 Å². The number of guanidine groups is 1. The van der Waals surface area contributed by atoms with E-state index in [1.54, 1.807) is 19.1 Å². The molecule has 0 bridgehead atoms. The summed E-state index contributed by atoms with van der Waals surface area (Å²) < 4.78 is 4.95. The average molecular weight is 453 g/mol. The molecule has 0 fully saturated rings. The summed E-state index contributed by atoms with van der Waals surface area (Å²) in [4.78, 5) is 15.9. The van der Waals surface area contributed by atoms with Crippen molar-refractivity contribution in [3.63, 3.8) is 0 Å². The molecule has 3 N–H and O–H groups in total. The second kappa shape index (κ2) is 10.0. The van der Waals surface area contributed by atoms with Crippen LogP contribution in [0.2, 0.25) is 0 Å². The Balaban J connectivity index is 0.00000312. The van der Waals surface area contributed by atoms with Crippen LogP contribution in [0.15, 0.2) is 47.5 Å². The number of ether oxygens (including phenoxy) is 1. The van der Waals surface area contributed by atoms with Gasteiger partial charge in [0.2, 0.25) is 0 Å². The van der Waals surface area contributed by atoms with Crippen molar-refractivity contribution in [2.75, 3.05) is 11.9 Å². The number of nitrogens with zero attached hydrogens (tertiary/aromatic N) is 1. The zero-order chi connectivity index (χ0) is 17.5. The third-order valence-electron chi connectivity index (χ3n) is 3.68. The fraction of sp³-hybridized carbons (Fsp3) is 0.263. The van der Waals surface area contributed by atoms with Crippen molar-refractivity contribution in [3.8, 4) is 0 Å². The molecule has 0 radical (unpaired) electrons. The van der Waals surface area contributed by atoms with Gasteiger partial charge < -0.3 is 15.8 Å². The second-order valence-corrected chi connectivity index (χ2v) is 5.54. The number of carbonyl (C=O) groups is 1. The second-order valence-electron chi connectivity index (χ2n) is 5.54. The number of hydrogen-bond acceptors (Lipinski definition) is 3. The molecule has 134 valence electrons. The summed E-state index contributed by atoms with van der Waals surface area (Å²) >= 11 is 0. The highest BCUT2D eigenvalue weighted by Crippen LogP contribution is 2.14. The summed E-state index contributed by atoms with van der Waals surface area (Å²) in [7, 11) is 0. The van der Waals surface area contributed by atoms with Gasteiger partial charge in [0.25, 0.3) is 0 Å². The Hall–Kier alpha value is -2.09. The van der Waals surface area contributed by atoms with Crippen LogP contribution in [0, 0.1) is 13.8 Å². The molecular weight excluding hydrogens is 429 g/mol. The van der Waals surface area contributed by atoms with Gasteiger partial charge in [0.05, 0.1) is 18.7 Å². The van der Waals surface area contributed by atoms with Crippen LogP contribution in [0.4, 0.5) is 5.69 Å². The highest BCUT2D eigenvalue weighted by Gasteiger charge is 2.05. The Morgan fingerprint density at radius 2 is 1.80 bits per heavy atom. The standard InChI is InChI=1S/C19H23N3O2.HI/c1-4-24-18(23)16-8-6-15(7-9-16)12-21-19(20)22-17-10-5-13(2)14(3)11-17;/h5-11H,4,12H2,1-3H3,(H3,20,21,22);1H. The van der Waals surface area contributed by atoms with E-state index in [4.69, 9.17) is 10.5 Å². The molecule has 2 rings (SSSR count). The molecule has 25 heavy (non-hydrogen) atoms. The summed E-state index contributed by atoms with van der Waals surface area (Å²) in [5.41, 5.74) is 10.8. The van der Waals surface area contributed by atoms with Gasteiger partial charge in [0, 0.05) is 5.69 Å². The van der Waals surface area contributed by atoms with Crippen molar-refractivity contribution >= 4 is 41.6 Å². The lowest BCUT2D eigenvalue weighted by Gasteiger charge is -2.08. The van der Waals surface area contributed by atoms with E-state index in [1.165, 1.54) is 11.1 Å². The fourth-order valence-electron chi connectivity index (χ4n) is 2.14. The van der Waals surface area contributed by atoms with Crippen molar-refractivity contribution in [2.24, 2.45) is 10.7 Å². The summed E-state index contributed by atoms with van der Waals surface area (Å²) in [6, 6.07) is 13.2. The third-order valence-corrected chi connectivity index (χ3v) is 3.68. The van der Waals surface area contributed by atoms with E-state index < -0.39 is 0 Å². The van der Waals surface area contributed by atoms with E-state index in [1.807, 2.05) is 30.3 Å². The van der Waals surface area contributed by atoms with Gasteiger partial charge in [0.1, 0.15) is 0 Å². The first-order chi connectivity index (χ1) is 11.5. The van der Waals surface area contributed by atoms with Gasteiger partial charge in [0.15, 0.2) is 5.96 Å². The highest BCUT2D eigenvalue weighted by molar-refractivity contribution is 14.0. The monoisotopic (exact) mass is 453 g/mol. The van der Waals surface area contributed by atoms with E-state index >= 15 is 0 Å². The molecule has 0 aromatic heterocycles. The zero-order valence-corrected chi connectivity index (χ0v) is 17.0. The van der Waals surface area contributed by atoms with Gasteiger partial charge >= 0.3 is 5.97 Å². The van der Waals surface area contributed by atoms with Crippen LogP contribution < -0.4 is 11.1 Å². The van der Waals surface area contributed by atoms with E-state index in [-0.39, 0.29) is 29.9 Å². The molecule has 0 unspecified atom stereocenters. The maximum Gasteiger partial charge on any atom is 0.338 e. The fourth-order valence-corrected chi connectivity index (χ4v) is 2.14. The van der Waals surface area contributed by atoms with Gasteiger partial charge in [-0.1, -0.05) is 18.2 Å². The Kier molecular flexibility index (Phi) is 8.40. The normalized spacial score (nSPS) is 10.8. The minimum Gasteiger partial charge on any atom is -0.462 e. The van der Waals surface area contributed by atoms with Gasteiger partial charge in [-0.2, -0.15) is 0 Å². The minimum atomic E-state index is -0.316. The molecule has 0 aliphatic rings. The third kappa shape index (κ3) is 6.38. The number of halogens is 1. The van der Waals surface area contributed by atoms with Crippen molar-refractivity contribution in [3.05, 3.63) is 64.7 Å². The molecule has 0 spiro atoms. The summed E-state index contributed by atoms with van der Waals surface area (Å²) in [6.07, 6.45) is 0. The molecule has 0 heterocycles. The highest BCUT2D eigenvalue weighted by atomic mass is 127. The lowest BCUT2D eigenvalue weighted by atomic mass is 10.1. The molecule has 5 nitrogen and oxygen atoms in total. The van der Waals surface area contributed by atoms with Crippen molar-refractivity contribution < 1.29 is 9.53 Å². The molecule has 2 aromatic carbocycles. The smallest absolute Gasteiger partial charge is 0.338 e. The molecule has 0 saturated heterocycles. The lowest BCUT2D eigenvalue weighted by molar-refractivity contribution is 0.0526. The first-order valence-corrected chi connectivity index (χ1v) is 7.90. The SMILES string of the molecule is CCOC(=O)c1ccc(CN=C(N)Nc2ccc(C)c(C)c2)cc1.I. The molecule has 0 atom stereocenters. The first kappa shape index (κ1) is 21.0. The van der Waals surface area contributed by atoms with Crippen LogP contribution in [0.3, 0.4) is 0 Å². The van der Waals surface area contributed by atoms with Gasteiger partial charge in [-0.25, -0.2) is 9.79 Å². The molecule has 0 aliphatic heterocycles. The number of aliphatic imine (C=N–C) groups is 1. The Bertz CT molecular complexity index is 743. The average Bonchev–Trinajstić information content (AvgIpc) is 2.57. The van der Waals surface area contributed by atoms with E-state index in [9.17, 15) is 4.79 Å². The predicted molar refractivity (Wildman–Crippen MR) is 113 cm³/mol. The number of hydrogen-bond donors (Lipinski definition) is 2. The van der Waals surface area contributed by atoms with Gasteiger partial charge in [-0.05, 0) is 61.7 Å². The number of aryl methyl sites for hydroxylation is 2. The van der Waals surface area contributed by atoms with Crippen molar-refractivity contribution in [1.29, 1.82) is 0 Å². The van der Waals surface area contributed by atoms with Gasteiger partial charge in [-0.15, -0.1) is 24.0 Å². The van der Waals surface area contributed by atoms with Crippen LogP contribution in [-0.4, -0.2) is 18.5 Å². The molecular formula is C19H24IN3O2. The molecule has 6 heteroatoms. The zero-order valence-electron chi connectivity index (χ0n) is 14.7. The first-order valence-electron chi connectivity index (χ1n) is 7.90. The molecule has 0 amide bonds. The lowest BCUT2D eigenvalue weighted by Crippen LogP contribution is -2.22. The van der Waals surface area contributed by atoms with Gasteiger partial charge in [-0.3, -0.25) is 0 Å². The van der Waals surface area contributed by atoms with Crippen LogP contribution in [0.5, 0.6) is 0 Å². The topological polar surface area (TPSA) is 76.7 Å².